The van der Waals surface area contributed by atoms with E-state index in [-0.39, 0.29) is 4.90 Å². The van der Waals surface area contributed by atoms with E-state index in [4.69, 9.17) is 22.2 Å². The van der Waals surface area contributed by atoms with Gasteiger partial charge >= 0.3 is 0 Å². The molecule has 8 nitrogen and oxygen atoms in total. The maximum Gasteiger partial charge on any atom is 0.243 e. The minimum atomic E-state index is -3.54. The molecule has 1 aromatic carbocycles. The van der Waals surface area contributed by atoms with Crippen molar-refractivity contribution in [1.29, 1.82) is 5.26 Å². The third kappa shape index (κ3) is 5.73. The monoisotopic (exact) mass is 445 g/mol. The zero-order chi connectivity index (χ0) is 21.4. The summed E-state index contributed by atoms with van der Waals surface area (Å²) in [6.07, 6.45) is 3.79. The van der Waals surface area contributed by atoms with Crippen molar-refractivity contribution in [2.24, 2.45) is 0 Å². The van der Waals surface area contributed by atoms with Crippen LogP contribution in [0.2, 0.25) is 0 Å². The van der Waals surface area contributed by atoms with E-state index < -0.39 is 10.0 Å². The van der Waals surface area contributed by atoms with Gasteiger partial charge in [0.15, 0.2) is 5.11 Å². The molecule has 1 aromatic heterocycles. The van der Waals surface area contributed by atoms with E-state index in [0.29, 0.717) is 56.6 Å². The Labute approximate surface area is 182 Å². The molecule has 0 spiro atoms. The predicted octanol–water partition coefficient (Wildman–Crippen LogP) is 2.22. The van der Waals surface area contributed by atoms with Crippen LogP contribution in [0.15, 0.2) is 53.7 Å². The fourth-order valence-electron chi connectivity index (χ4n) is 3.00. The van der Waals surface area contributed by atoms with Crippen LogP contribution in [0.4, 0.5) is 5.69 Å². The van der Waals surface area contributed by atoms with Gasteiger partial charge in [0.2, 0.25) is 10.0 Å². The number of benzene rings is 1. The Morgan fingerprint density at radius 2 is 2.00 bits per heavy atom. The van der Waals surface area contributed by atoms with Gasteiger partial charge in [0, 0.05) is 44.3 Å². The highest BCUT2D eigenvalue weighted by Gasteiger charge is 2.26. The molecule has 1 aliphatic heterocycles. The van der Waals surface area contributed by atoms with E-state index >= 15 is 0 Å². The van der Waals surface area contributed by atoms with Gasteiger partial charge in [-0.3, -0.25) is 4.98 Å². The molecule has 1 aliphatic rings. The third-order valence-corrected chi connectivity index (χ3v) is 6.86. The molecule has 1 N–H and O–H groups in total. The molecule has 2 aromatic rings. The van der Waals surface area contributed by atoms with Gasteiger partial charge in [-0.1, -0.05) is 6.07 Å². The second-order valence-electron chi connectivity index (χ2n) is 6.66. The first-order valence-corrected chi connectivity index (χ1v) is 11.4. The van der Waals surface area contributed by atoms with Crippen LogP contribution in [0.3, 0.4) is 0 Å². The number of hydrogen-bond donors (Lipinski definition) is 1. The highest BCUT2D eigenvalue weighted by molar-refractivity contribution is 7.89. The lowest BCUT2D eigenvalue weighted by Gasteiger charge is -2.26. The zero-order valence-electron chi connectivity index (χ0n) is 16.4. The summed E-state index contributed by atoms with van der Waals surface area (Å²) in [5.41, 5.74) is 1.65. The summed E-state index contributed by atoms with van der Waals surface area (Å²) in [7, 11) is -3.54. The maximum absolute atomic E-state index is 12.7. The summed E-state index contributed by atoms with van der Waals surface area (Å²) >= 11 is 5.52. The van der Waals surface area contributed by atoms with Gasteiger partial charge in [0.25, 0.3) is 0 Å². The van der Waals surface area contributed by atoms with Crippen molar-refractivity contribution in [3.63, 3.8) is 0 Å². The number of rotatable bonds is 7. The van der Waals surface area contributed by atoms with Crippen LogP contribution >= 0.6 is 12.2 Å². The van der Waals surface area contributed by atoms with Crippen molar-refractivity contribution in [3.8, 4) is 6.07 Å². The third-order valence-electron chi connectivity index (χ3n) is 4.59. The molecule has 158 valence electrons. The quantitative estimate of drug-likeness (QED) is 0.648. The van der Waals surface area contributed by atoms with Crippen LogP contribution in [0, 0.1) is 11.3 Å². The number of morpholine rings is 1. The fourth-order valence-corrected chi connectivity index (χ4v) is 4.68. The van der Waals surface area contributed by atoms with Crippen molar-refractivity contribution >= 4 is 33.0 Å². The number of anilines is 1. The van der Waals surface area contributed by atoms with Gasteiger partial charge < -0.3 is 15.0 Å². The number of sulfonamides is 1. The lowest BCUT2D eigenvalue weighted by Crippen LogP contribution is -2.40. The minimum absolute atomic E-state index is 0.234. The summed E-state index contributed by atoms with van der Waals surface area (Å²) in [6.45, 7) is 2.51. The molecule has 1 fully saturated rings. The number of aromatic nitrogens is 1. The topological polar surface area (TPSA) is 98.6 Å². The van der Waals surface area contributed by atoms with E-state index in [0.717, 1.165) is 5.56 Å². The number of nitrogens with one attached hydrogen (secondary N) is 1. The van der Waals surface area contributed by atoms with Crippen molar-refractivity contribution < 1.29 is 13.2 Å². The first-order valence-electron chi connectivity index (χ1n) is 9.50. The fraction of sp³-hybridized carbons (Fsp3) is 0.350. The van der Waals surface area contributed by atoms with Crippen molar-refractivity contribution in [2.75, 3.05) is 38.2 Å². The Balaban J connectivity index is 1.68. The first kappa shape index (κ1) is 22.1. The largest absolute Gasteiger partial charge is 0.379 e. The molecule has 0 unspecified atom stereocenters. The number of nitriles is 1. The molecule has 0 atom stereocenters. The standard InChI is InChI=1S/C20H23N5O3S2/c21-8-2-10-24(16-17-3-1-9-22-15-17)20(29)23-18-4-6-19(7-5-18)30(26,27)25-11-13-28-14-12-25/h1,3-7,9,15H,2,10-14,16H2,(H,23,29). The number of pyridine rings is 1. The molecule has 3 rings (SSSR count). The Bertz CT molecular complexity index is 985. The van der Waals surface area contributed by atoms with Gasteiger partial charge in [0.1, 0.15) is 0 Å². The van der Waals surface area contributed by atoms with E-state index in [1.165, 1.54) is 4.31 Å². The molecule has 0 aliphatic carbocycles. The second kappa shape index (κ2) is 10.4. The lowest BCUT2D eigenvalue weighted by atomic mass is 10.2. The molecule has 2 heterocycles. The number of thiocarbonyl (C=S) groups is 1. The molecular formula is C20H23N5O3S2. The normalized spacial score (nSPS) is 14.6. The van der Waals surface area contributed by atoms with Crippen LogP contribution in [-0.2, 0) is 21.3 Å². The Hall–Kier alpha value is -2.58. The molecule has 1 saturated heterocycles. The van der Waals surface area contributed by atoms with Crippen LogP contribution in [0.1, 0.15) is 12.0 Å². The van der Waals surface area contributed by atoms with Crippen molar-refractivity contribution in [2.45, 2.75) is 17.9 Å². The molecule has 0 amide bonds. The van der Waals surface area contributed by atoms with Crippen LogP contribution in [0.5, 0.6) is 0 Å². The lowest BCUT2D eigenvalue weighted by molar-refractivity contribution is 0.0730. The van der Waals surface area contributed by atoms with Gasteiger partial charge in [-0.15, -0.1) is 0 Å². The smallest absolute Gasteiger partial charge is 0.243 e. The van der Waals surface area contributed by atoms with Crippen molar-refractivity contribution in [1.82, 2.24) is 14.2 Å². The molecule has 0 saturated carbocycles. The van der Waals surface area contributed by atoms with Gasteiger partial charge in [-0.2, -0.15) is 9.57 Å². The average Bonchev–Trinajstić information content (AvgIpc) is 2.78. The number of ether oxygens (including phenoxy) is 1. The SMILES string of the molecule is N#CCCN(Cc1cccnc1)C(=S)Nc1ccc(S(=O)(=O)N2CCOCC2)cc1. The van der Waals surface area contributed by atoms with E-state index in [1.54, 1.807) is 36.7 Å². The van der Waals surface area contributed by atoms with E-state index in [1.807, 2.05) is 17.0 Å². The molecule has 10 heteroatoms. The number of hydrogen-bond acceptors (Lipinski definition) is 6. The average molecular weight is 446 g/mol. The zero-order valence-corrected chi connectivity index (χ0v) is 18.0. The van der Waals surface area contributed by atoms with E-state index in [9.17, 15) is 8.42 Å². The Morgan fingerprint density at radius 1 is 1.27 bits per heavy atom. The highest BCUT2D eigenvalue weighted by Crippen LogP contribution is 2.20. The Morgan fingerprint density at radius 3 is 2.63 bits per heavy atom. The molecular weight excluding hydrogens is 422 g/mol. The summed E-state index contributed by atoms with van der Waals surface area (Å²) in [5.74, 6) is 0. The highest BCUT2D eigenvalue weighted by atomic mass is 32.2. The van der Waals surface area contributed by atoms with Crippen LogP contribution in [0.25, 0.3) is 0 Å². The van der Waals surface area contributed by atoms with E-state index in [2.05, 4.69) is 16.4 Å². The van der Waals surface area contributed by atoms with Crippen LogP contribution in [-0.4, -0.2) is 60.6 Å². The predicted molar refractivity (Wildman–Crippen MR) is 117 cm³/mol. The Kier molecular flexibility index (Phi) is 7.70. The summed E-state index contributed by atoms with van der Waals surface area (Å²) in [5, 5.41) is 12.5. The van der Waals surface area contributed by atoms with Gasteiger partial charge in [-0.05, 0) is 48.1 Å². The second-order valence-corrected chi connectivity index (χ2v) is 8.99. The number of nitrogens with zero attached hydrogens (tertiary/aromatic N) is 4. The minimum Gasteiger partial charge on any atom is -0.379 e. The molecule has 0 radical (unpaired) electrons. The maximum atomic E-state index is 12.7. The van der Waals surface area contributed by atoms with Crippen LogP contribution < -0.4 is 5.32 Å². The van der Waals surface area contributed by atoms with Crippen molar-refractivity contribution in [3.05, 3.63) is 54.4 Å². The van der Waals surface area contributed by atoms with Gasteiger partial charge in [-0.25, -0.2) is 8.42 Å². The molecule has 30 heavy (non-hydrogen) atoms. The summed E-state index contributed by atoms with van der Waals surface area (Å²) in [4.78, 5) is 6.23. The first-order chi connectivity index (χ1) is 14.5. The van der Waals surface area contributed by atoms with Gasteiger partial charge in [0.05, 0.1) is 30.6 Å². The summed E-state index contributed by atoms with van der Waals surface area (Å²) in [6, 6.07) is 12.4. The summed E-state index contributed by atoms with van der Waals surface area (Å²) < 4.78 is 32.1. The molecule has 0 bridgehead atoms.